The summed E-state index contributed by atoms with van der Waals surface area (Å²) in [6.07, 6.45) is 4.60. The van der Waals surface area contributed by atoms with E-state index in [2.05, 4.69) is 40.4 Å². The van der Waals surface area contributed by atoms with Gasteiger partial charge in [0.2, 0.25) is 5.91 Å². The van der Waals surface area contributed by atoms with E-state index in [0.717, 1.165) is 50.9 Å². The number of carbonyl (C=O) groups is 2. The molecule has 5 nitrogen and oxygen atoms in total. The topological polar surface area (TPSA) is 52.7 Å². The van der Waals surface area contributed by atoms with Gasteiger partial charge in [-0.15, -0.1) is 0 Å². The molecule has 0 radical (unpaired) electrons. The van der Waals surface area contributed by atoms with Crippen LogP contribution in [0.1, 0.15) is 50.5 Å². The van der Waals surface area contributed by atoms with Crippen molar-refractivity contribution in [1.29, 1.82) is 0 Å². The predicted molar refractivity (Wildman–Crippen MR) is 138 cm³/mol. The molecule has 2 heterocycles. The minimum Gasteiger partial charge on any atom is -0.354 e. The molecular formula is C25H38FN3O2S2. The first-order valence-electron chi connectivity index (χ1n) is 12.2. The molecule has 0 aliphatic carbocycles. The number of halogens is 1. The highest BCUT2D eigenvalue weighted by molar-refractivity contribution is 7.80. The molecule has 8 heteroatoms. The lowest BCUT2D eigenvalue weighted by Gasteiger charge is -2.44. The van der Waals surface area contributed by atoms with Crippen LogP contribution in [0.15, 0.2) is 24.3 Å². The number of Topliss-reactive ketones (excluding diaryl/α,β-unsaturated/α-hetero) is 1. The number of hydrogen-bond acceptors (Lipinski definition) is 6. The fraction of sp³-hybridized carbons (Fsp3) is 0.680. The Morgan fingerprint density at radius 3 is 2.58 bits per heavy atom. The molecule has 184 valence electrons. The Morgan fingerprint density at radius 1 is 1.15 bits per heavy atom. The van der Waals surface area contributed by atoms with E-state index < -0.39 is 0 Å². The van der Waals surface area contributed by atoms with Crippen LogP contribution in [0.4, 0.5) is 4.39 Å². The number of amides is 1. The zero-order valence-corrected chi connectivity index (χ0v) is 21.4. The van der Waals surface area contributed by atoms with Crippen molar-refractivity contribution < 1.29 is 14.0 Å². The molecule has 1 aromatic rings. The Morgan fingerprint density at radius 2 is 1.91 bits per heavy atom. The van der Waals surface area contributed by atoms with Crippen molar-refractivity contribution in [3.8, 4) is 0 Å². The highest BCUT2D eigenvalue weighted by Crippen LogP contribution is 2.47. The zero-order valence-electron chi connectivity index (χ0n) is 19.6. The largest absolute Gasteiger partial charge is 0.354 e. The number of thiol groups is 2. The van der Waals surface area contributed by atoms with Gasteiger partial charge >= 0.3 is 0 Å². The van der Waals surface area contributed by atoms with Crippen molar-refractivity contribution in [3.05, 3.63) is 35.6 Å². The van der Waals surface area contributed by atoms with Crippen LogP contribution in [0.3, 0.4) is 0 Å². The fourth-order valence-electron chi connectivity index (χ4n) is 5.73. The first-order valence-corrected chi connectivity index (χ1v) is 13.5. The van der Waals surface area contributed by atoms with E-state index in [1.54, 1.807) is 0 Å². The van der Waals surface area contributed by atoms with E-state index in [4.69, 9.17) is 0 Å². The number of fused-ring (bicyclic) bond motifs is 2. The van der Waals surface area contributed by atoms with Crippen molar-refractivity contribution in [3.63, 3.8) is 0 Å². The van der Waals surface area contributed by atoms with Gasteiger partial charge in [0.25, 0.3) is 0 Å². The van der Waals surface area contributed by atoms with Gasteiger partial charge in [-0.2, -0.15) is 25.3 Å². The summed E-state index contributed by atoms with van der Waals surface area (Å²) >= 11 is 8.49. The number of rotatable bonds is 13. The summed E-state index contributed by atoms with van der Waals surface area (Å²) in [5.41, 5.74) is 1.09. The number of hydrogen-bond donors (Lipinski definition) is 3. The summed E-state index contributed by atoms with van der Waals surface area (Å²) in [4.78, 5) is 29.9. The molecule has 0 spiro atoms. The summed E-state index contributed by atoms with van der Waals surface area (Å²) in [5.74, 6) is 1.59. The Kier molecular flexibility index (Phi) is 10.5. The predicted octanol–water partition coefficient (Wildman–Crippen LogP) is 3.41. The second kappa shape index (κ2) is 13.1. The normalized spacial score (nSPS) is 24.9. The van der Waals surface area contributed by atoms with Crippen LogP contribution in [0.25, 0.3) is 0 Å². The Bertz CT molecular complexity index is 779. The van der Waals surface area contributed by atoms with E-state index in [0.29, 0.717) is 42.8 Å². The number of piperidine rings is 1. The number of nitrogens with one attached hydrogen (secondary N) is 1. The summed E-state index contributed by atoms with van der Waals surface area (Å²) < 4.78 is 13.5. The van der Waals surface area contributed by atoms with Gasteiger partial charge < -0.3 is 5.32 Å². The number of carbonyl (C=O) groups excluding carboxylic acids is 2. The maximum atomic E-state index is 13.5. The molecule has 0 unspecified atom stereocenters. The van der Waals surface area contributed by atoms with Gasteiger partial charge in [0.1, 0.15) is 11.6 Å². The van der Waals surface area contributed by atoms with E-state index in [9.17, 15) is 14.0 Å². The Balaban J connectivity index is 1.63. The first-order chi connectivity index (χ1) is 16.0. The third kappa shape index (κ3) is 6.96. The molecule has 2 aliphatic heterocycles. The maximum Gasteiger partial charge on any atom is 0.234 e. The van der Waals surface area contributed by atoms with Crippen LogP contribution >= 0.6 is 25.3 Å². The molecule has 0 aromatic heterocycles. The van der Waals surface area contributed by atoms with E-state index in [1.165, 1.54) is 12.1 Å². The van der Waals surface area contributed by atoms with Crippen LogP contribution in [0.5, 0.6) is 0 Å². The van der Waals surface area contributed by atoms with Gasteiger partial charge in [0.05, 0.1) is 6.54 Å². The summed E-state index contributed by atoms with van der Waals surface area (Å²) in [6, 6.07) is 7.46. The van der Waals surface area contributed by atoms with Gasteiger partial charge in [0, 0.05) is 49.0 Å². The van der Waals surface area contributed by atoms with E-state index >= 15 is 0 Å². The second-order valence-electron chi connectivity index (χ2n) is 9.20. The van der Waals surface area contributed by atoms with Crippen LogP contribution < -0.4 is 5.32 Å². The molecule has 2 fully saturated rings. The number of nitrogens with zero attached hydrogens (tertiary/aromatic N) is 2. The molecule has 0 saturated carbocycles. The van der Waals surface area contributed by atoms with Gasteiger partial charge in [-0.1, -0.05) is 19.1 Å². The molecule has 2 saturated heterocycles. The van der Waals surface area contributed by atoms with E-state index in [1.807, 2.05) is 19.1 Å². The van der Waals surface area contributed by atoms with Crippen molar-refractivity contribution in [2.45, 2.75) is 57.0 Å². The molecule has 2 aliphatic rings. The second-order valence-corrected chi connectivity index (χ2v) is 10.1. The third-order valence-electron chi connectivity index (χ3n) is 7.19. The van der Waals surface area contributed by atoms with E-state index in [-0.39, 0.29) is 29.6 Å². The third-order valence-corrected chi connectivity index (χ3v) is 7.61. The molecule has 4 atom stereocenters. The Labute approximate surface area is 208 Å². The lowest BCUT2D eigenvalue weighted by molar-refractivity contribution is -0.127. The summed E-state index contributed by atoms with van der Waals surface area (Å²) in [6.45, 7) is 5.44. The van der Waals surface area contributed by atoms with Crippen molar-refractivity contribution >= 4 is 36.9 Å². The minimum absolute atomic E-state index is 0.0274. The maximum absolute atomic E-state index is 13.5. The molecule has 3 rings (SSSR count). The quantitative estimate of drug-likeness (QED) is 0.367. The van der Waals surface area contributed by atoms with Crippen molar-refractivity contribution in [2.24, 2.45) is 5.92 Å². The molecule has 1 amide bonds. The monoisotopic (exact) mass is 495 g/mol. The minimum atomic E-state index is -0.234. The van der Waals surface area contributed by atoms with Crippen molar-refractivity contribution in [1.82, 2.24) is 15.1 Å². The molecule has 1 N–H and O–H groups in total. The number of benzene rings is 1. The molecule has 2 bridgehead atoms. The highest BCUT2D eigenvalue weighted by Gasteiger charge is 2.49. The average molecular weight is 496 g/mol. The van der Waals surface area contributed by atoms with Gasteiger partial charge in [-0.3, -0.25) is 19.4 Å². The van der Waals surface area contributed by atoms with Crippen LogP contribution in [0.2, 0.25) is 0 Å². The van der Waals surface area contributed by atoms with Gasteiger partial charge in [-0.25, -0.2) is 4.39 Å². The highest BCUT2D eigenvalue weighted by atomic mass is 32.1. The van der Waals surface area contributed by atoms with Gasteiger partial charge in [0.15, 0.2) is 0 Å². The van der Waals surface area contributed by atoms with Crippen LogP contribution in [-0.4, -0.2) is 77.8 Å². The summed E-state index contributed by atoms with van der Waals surface area (Å²) in [5, 5.41) is 2.88. The summed E-state index contributed by atoms with van der Waals surface area (Å²) in [7, 11) is 0. The zero-order chi connectivity index (χ0) is 23.8. The lowest BCUT2D eigenvalue weighted by atomic mass is 9.73. The van der Waals surface area contributed by atoms with Gasteiger partial charge in [-0.05, 0) is 62.4 Å². The molecular weight excluding hydrogens is 457 g/mol. The standard InChI is InChI=1S/C25H38FN3O2S2/c1-2-23(30)25-21(18-4-6-19(26)7-5-18)16-20-8-9-22(25)29(20)12-3-11-28(13-15-33)17-24(31)27-10-14-32/h4-7,20-22,25,32-33H,2-3,8-17H2,1H3,(H,27,31)/t20-,21-,22+,25-/m0/s1. The average Bonchev–Trinajstić information content (AvgIpc) is 3.08. The number of ketones is 1. The molecule has 33 heavy (non-hydrogen) atoms. The molecule has 1 aromatic carbocycles. The van der Waals surface area contributed by atoms with Crippen LogP contribution in [-0.2, 0) is 9.59 Å². The van der Waals surface area contributed by atoms with Crippen LogP contribution in [0, 0.1) is 11.7 Å². The fourth-order valence-corrected chi connectivity index (χ4v) is 6.13. The smallest absolute Gasteiger partial charge is 0.234 e. The lowest BCUT2D eigenvalue weighted by Crippen LogP contribution is -2.51. The van der Waals surface area contributed by atoms with Crippen molar-refractivity contribution in [2.75, 3.05) is 44.2 Å². The Hall–Kier alpha value is -1.09. The SMILES string of the molecule is CCC(=O)[C@@H]1[C@H]2CC[C@@H](C[C@H]1c1ccc(F)cc1)N2CCCN(CCS)CC(=O)NCCS. The first kappa shape index (κ1) is 26.5.